The second-order valence-corrected chi connectivity index (χ2v) is 3.92. The van der Waals surface area contributed by atoms with Gasteiger partial charge in [0, 0.05) is 11.6 Å². The van der Waals surface area contributed by atoms with Crippen molar-refractivity contribution in [3.8, 4) is 0 Å². The van der Waals surface area contributed by atoms with Crippen LogP contribution in [0.3, 0.4) is 0 Å². The topological polar surface area (TPSA) is 26.3 Å². The average Bonchev–Trinajstić information content (AvgIpc) is 2.93. The molecular formula is C15H10O2. The number of ether oxygens (including phenoxy) is 1. The van der Waals surface area contributed by atoms with Gasteiger partial charge in [-0.15, -0.1) is 0 Å². The zero-order valence-corrected chi connectivity index (χ0v) is 9.14. The van der Waals surface area contributed by atoms with Gasteiger partial charge in [0.2, 0.25) is 0 Å². The van der Waals surface area contributed by atoms with E-state index in [2.05, 4.69) is 18.7 Å². The monoisotopic (exact) mass is 222 g/mol. The highest BCUT2D eigenvalue weighted by atomic mass is 16.5. The maximum Gasteiger partial charge on any atom is 0.335 e. The minimum absolute atomic E-state index is 0.430. The van der Waals surface area contributed by atoms with Crippen molar-refractivity contribution in [2.24, 2.45) is 0 Å². The standard InChI is InChI=1S/C15H10O2/c1-2-15(16)17-14-7-6-12-8-10-4-3-5-11(10)9-13(12)14/h2-9H,1H2. The molecule has 2 aliphatic carbocycles. The first-order valence-electron chi connectivity index (χ1n) is 5.37. The molecule has 0 saturated heterocycles. The maximum absolute atomic E-state index is 11.2. The summed E-state index contributed by atoms with van der Waals surface area (Å²) in [6.07, 6.45) is 11.1. The van der Waals surface area contributed by atoms with E-state index in [4.69, 9.17) is 4.74 Å². The Labute approximate surface area is 98.5 Å². The molecule has 0 aromatic heterocycles. The van der Waals surface area contributed by atoms with Crippen molar-refractivity contribution in [2.75, 3.05) is 0 Å². The third kappa shape index (κ3) is 1.54. The Morgan fingerprint density at radius 2 is 2.06 bits per heavy atom. The van der Waals surface area contributed by atoms with Gasteiger partial charge in [0.1, 0.15) is 5.76 Å². The van der Waals surface area contributed by atoms with Gasteiger partial charge in [0.15, 0.2) is 0 Å². The van der Waals surface area contributed by atoms with Crippen LogP contribution in [0.1, 0.15) is 11.1 Å². The molecule has 2 nitrogen and oxygen atoms in total. The van der Waals surface area contributed by atoms with Crippen molar-refractivity contribution in [1.29, 1.82) is 0 Å². The first-order valence-corrected chi connectivity index (χ1v) is 5.37. The first kappa shape index (κ1) is 9.85. The summed E-state index contributed by atoms with van der Waals surface area (Å²) in [5.41, 5.74) is 2.16. The van der Waals surface area contributed by atoms with Gasteiger partial charge < -0.3 is 4.74 Å². The van der Waals surface area contributed by atoms with E-state index in [0.717, 1.165) is 16.0 Å². The predicted molar refractivity (Wildman–Crippen MR) is 67.9 cm³/mol. The largest absolute Gasteiger partial charge is 0.423 e. The number of hydrogen-bond donors (Lipinski definition) is 0. The van der Waals surface area contributed by atoms with Crippen LogP contribution in [-0.4, -0.2) is 5.97 Å². The molecule has 1 aromatic rings. The highest BCUT2D eigenvalue weighted by Gasteiger charge is 2.13. The first-order chi connectivity index (χ1) is 8.28. The smallest absolute Gasteiger partial charge is 0.335 e. The van der Waals surface area contributed by atoms with E-state index in [1.165, 1.54) is 11.6 Å². The lowest BCUT2D eigenvalue weighted by atomic mass is 10.1. The lowest BCUT2D eigenvalue weighted by Crippen LogP contribution is -2.15. The van der Waals surface area contributed by atoms with Crippen LogP contribution in [0.15, 0.2) is 36.9 Å². The Hall–Kier alpha value is -2.35. The summed E-state index contributed by atoms with van der Waals surface area (Å²) in [7, 11) is 0. The molecule has 0 unspecified atom stereocenters. The Morgan fingerprint density at radius 3 is 2.88 bits per heavy atom. The van der Waals surface area contributed by atoms with E-state index in [9.17, 15) is 4.79 Å². The van der Waals surface area contributed by atoms with Gasteiger partial charge in [-0.25, -0.2) is 4.79 Å². The number of carbonyl (C=O) groups is 1. The summed E-state index contributed by atoms with van der Waals surface area (Å²) in [5, 5.41) is 2.23. The van der Waals surface area contributed by atoms with Crippen LogP contribution >= 0.6 is 0 Å². The second kappa shape index (κ2) is 3.59. The predicted octanol–water partition coefficient (Wildman–Crippen LogP) is 1.36. The number of fused-ring (bicyclic) bond motifs is 2. The fourth-order valence-corrected chi connectivity index (χ4v) is 2.04. The van der Waals surface area contributed by atoms with E-state index in [0.29, 0.717) is 5.76 Å². The number of rotatable bonds is 2. The van der Waals surface area contributed by atoms with Crippen molar-refractivity contribution < 1.29 is 9.53 Å². The fraction of sp³-hybridized carbons (Fsp3) is 0. The molecule has 0 bridgehead atoms. The SMILES string of the molecule is C=CC(=O)OC1=CC=c2cc3c(cc21)=CC=C3. The van der Waals surface area contributed by atoms with Crippen LogP contribution in [0.2, 0.25) is 0 Å². The molecule has 0 N–H and O–H groups in total. The Kier molecular flexibility index (Phi) is 2.08. The van der Waals surface area contributed by atoms with Crippen molar-refractivity contribution in [3.63, 3.8) is 0 Å². The van der Waals surface area contributed by atoms with E-state index in [-0.39, 0.29) is 0 Å². The summed E-state index contributed by atoms with van der Waals surface area (Å²) in [5.74, 6) is 0.160. The number of carbonyl (C=O) groups excluding carboxylic acids is 1. The van der Waals surface area contributed by atoms with Gasteiger partial charge in [-0.1, -0.05) is 30.9 Å². The van der Waals surface area contributed by atoms with Crippen LogP contribution in [0, 0.1) is 0 Å². The summed E-state index contributed by atoms with van der Waals surface area (Å²) < 4.78 is 5.19. The molecule has 0 fully saturated rings. The van der Waals surface area contributed by atoms with E-state index in [1.807, 2.05) is 30.4 Å². The van der Waals surface area contributed by atoms with Crippen molar-refractivity contribution >= 4 is 30.0 Å². The van der Waals surface area contributed by atoms with Crippen molar-refractivity contribution in [3.05, 3.63) is 58.5 Å². The fourth-order valence-electron chi connectivity index (χ4n) is 2.04. The third-order valence-electron chi connectivity index (χ3n) is 2.86. The Balaban J connectivity index is 2.06. The molecule has 2 aliphatic rings. The zero-order chi connectivity index (χ0) is 11.8. The highest BCUT2D eigenvalue weighted by Crippen LogP contribution is 2.17. The molecule has 0 spiro atoms. The zero-order valence-electron chi connectivity index (χ0n) is 9.14. The van der Waals surface area contributed by atoms with Crippen LogP contribution < -0.4 is 10.4 Å². The van der Waals surface area contributed by atoms with Gasteiger partial charge in [0.05, 0.1) is 0 Å². The quantitative estimate of drug-likeness (QED) is 0.558. The van der Waals surface area contributed by atoms with Gasteiger partial charge in [-0.2, -0.15) is 0 Å². The maximum atomic E-state index is 11.2. The van der Waals surface area contributed by atoms with Crippen molar-refractivity contribution in [2.45, 2.75) is 0 Å². The molecule has 2 heteroatoms. The summed E-state index contributed by atoms with van der Waals surface area (Å²) in [6, 6.07) is 4.13. The summed E-state index contributed by atoms with van der Waals surface area (Å²) in [6.45, 7) is 3.39. The molecule has 17 heavy (non-hydrogen) atoms. The van der Waals surface area contributed by atoms with Gasteiger partial charge in [-0.05, 0) is 34.2 Å². The van der Waals surface area contributed by atoms with E-state index < -0.39 is 5.97 Å². The van der Waals surface area contributed by atoms with Crippen LogP contribution in [-0.2, 0) is 9.53 Å². The normalized spacial score (nSPS) is 14.2. The lowest BCUT2D eigenvalue weighted by molar-refractivity contribution is -0.131. The molecular weight excluding hydrogens is 212 g/mol. The molecule has 0 amide bonds. The van der Waals surface area contributed by atoms with Crippen LogP contribution in [0.5, 0.6) is 0 Å². The Bertz CT molecular complexity index is 703. The number of benzene rings is 1. The minimum atomic E-state index is -0.430. The third-order valence-corrected chi connectivity index (χ3v) is 2.86. The Morgan fingerprint density at radius 1 is 1.18 bits per heavy atom. The number of esters is 1. The molecule has 82 valence electrons. The molecule has 0 radical (unpaired) electrons. The van der Waals surface area contributed by atoms with Crippen LogP contribution in [0.4, 0.5) is 0 Å². The van der Waals surface area contributed by atoms with Gasteiger partial charge in [0.25, 0.3) is 0 Å². The molecule has 3 rings (SSSR count). The summed E-state index contributed by atoms with van der Waals surface area (Å²) >= 11 is 0. The molecule has 0 saturated carbocycles. The van der Waals surface area contributed by atoms with Crippen LogP contribution in [0.25, 0.3) is 24.0 Å². The average molecular weight is 222 g/mol. The highest BCUT2D eigenvalue weighted by molar-refractivity contribution is 5.89. The minimum Gasteiger partial charge on any atom is -0.423 e. The lowest BCUT2D eigenvalue weighted by Gasteiger charge is -2.05. The number of hydrogen-bond acceptors (Lipinski definition) is 2. The van der Waals surface area contributed by atoms with Crippen molar-refractivity contribution in [1.82, 2.24) is 0 Å². The summed E-state index contributed by atoms with van der Waals surface area (Å²) in [4.78, 5) is 11.2. The molecule has 0 heterocycles. The molecule has 0 atom stereocenters. The van der Waals surface area contributed by atoms with Gasteiger partial charge >= 0.3 is 5.97 Å². The number of allylic oxidation sites excluding steroid dienone is 2. The van der Waals surface area contributed by atoms with E-state index >= 15 is 0 Å². The second-order valence-electron chi connectivity index (χ2n) is 3.92. The molecule has 0 aliphatic heterocycles. The molecule has 1 aromatic carbocycles. The van der Waals surface area contributed by atoms with E-state index in [1.54, 1.807) is 0 Å². The van der Waals surface area contributed by atoms with Gasteiger partial charge in [-0.3, -0.25) is 0 Å².